The lowest BCUT2D eigenvalue weighted by molar-refractivity contribution is -0.438. The number of carbonyl (C=O) groups is 5. The first-order valence-corrected chi connectivity index (χ1v) is 27.7. The average molecular weight is 1030 g/mol. The molecule has 5 rings (SSSR count). The van der Waals surface area contributed by atoms with E-state index < -0.39 is 20.8 Å². The number of carbonyl (C=O) groups excluding carboxylic acids is 5. The Morgan fingerprint density at radius 3 is 2.31 bits per heavy atom. The van der Waals surface area contributed by atoms with E-state index in [2.05, 4.69) is 72.8 Å². The predicted molar refractivity (Wildman–Crippen MR) is 284 cm³/mol. The van der Waals surface area contributed by atoms with Crippen LogP contribution in [0.1, 0.15) is 116 Å². The number of likely N-dealkylation sites (N-methyl/N-ethyl adjacent to an activating group) is 1. The zero-order valence-corrected chi connectivity index (χ0v) is 44.9. The molecule has 4 N–H and O–H groups in total. The molecule has 0 radical (unpaired) electrons. The van der Waals surface area contributed by atoms with Crippen LogP contribution in [-0.2, 0) is 54.4 Å². The van der Waals surface area contributed by atoms with Crippen LogP contribution in [0.3, 0.4) is 0 Å². The highest BCUT2D eigenvalue weighted by molar-refractivity contribution is 8.00. The van der Waals surface area contributed by atoms with Crippen LogP contribution >= 0.6 is 11.8 Å². The van der Waals surface area contributed by atoms with Gasteiger partial charge in [-0.3, -0.25) is 33.4 Å². The Morgan fingerprint density at radius 1 is 0.875 bits per heavy atom. The first-order valence-electron chi connectivity index (χ1n) is 25.2. The fourth-order valence-corrected chi connectivity index (χ4v) is 11.2. The number of nitrogens with zero attached hydrogens (tertiary/aromatic N) is 3. The summed E-state index contributed by atoms with van der Waals surface area (Å²) in [6.07, 6.45) is 18.4. The van der Waals surface area contributed by atoms with E-state index in [1.165, 1.54) is 45.2 Å². The van der Waals surface area contributed by atoms with Crippen molar-refractivity contribution in [2.24, 2.45) is 11.7 Å². The number of anilines is 1. The lowest BCUT2D eigenvalue weighted by atomic mass is 9.81. The molecule has 392 valence electrons. The first kappa shape index (κ1) is 57.7. The highest BCUT2D eigenvalue weighted by Gasteiger charge is 2.45. The lowest BCUT2D eigenvalue weighted by Gasteiger charge is -2.25. The van der Waals surface area contributed by atoms with Crippen molar-refractivity contribution >= 4 is 68.4 Å². The van der Waals surface area contributed by atoms with Crippen LogP contribution in [0.2, 0.25) is 0 Å². The van der Waals surface area contributed by atoms with Crippen molar-refractivity contribution in [3.05, 3.63) is 101 Å². The van der Waals surface area contributed by atoms with Crippen molar-refractivity contribution in [1.29, 1.82) is 0 Å². The highest BCUT2D eigenvalue weighted by atomic mass is 32.2. The van der Waals surface area contributed by atoms with Crippen LogP contribution in [0.25, 0.3) is 0 Å². The molecule has 0 aliphatic carbocycles. The van der Waals surface area contributed by atoms with Crippen LogP contribution in [0.4, 0.5) is 11.4 Å². The molecule has 1 fully saturated rings. The minimum atomic E-state index is -4.41. The lowest BCUT2D eigenvalue weighted by Crippen LogP contribution is -2.34. The predicted octanol–water partition coefficient (Wildman–Crippen LogP) is 7.81. The molecule has 3 aliphatic rings. The second-order valence-electron chi connectivity index (χ2n) is 19.7. The van der Waals surface area contributed by atoms with Crippen molar-refractivity contribution in [2.75, 3.05) is 63.3 Å². The second-order valence-corrected chi connectivity index (χ2v) is 22.4. The van der Waals surface area contributed by atoms with Crippen LogP contribution in [0.15, 0.2) is 89.5 Å². The number of thioether (sulfide) groups is 1. The number of ketones is 1. The Hall–Kier alpha value is -5.20. The van der Waals surface area contributed by atoms with E-state index in [1.54, 1.807) is 19.1 Å². The van der Waals surface area contributed by atoms with Gasteiger partial charge in [-0.15, -0.1) is 11.8 Å². The molecule has 1 saturated heterocycles. The highest BCUT2D eigenvalue weighted by Crippen LogP contribution is 2.48. The van der Waals surface area contributed by atoms with E-state index in [9.17, 15) is 36.9 Å². The molecular weight excluding hydrogens is 955 g/mol. The Kier molecular flexibility index (Phi) is 21.4. The number of nitrogens with one attached hydrogen (secondary N) is 1. The zero-order chi connectivity index (χ0) is 52.6. The number of nitrogens with two attached hydrogens (primary N) is 1. The van der Waals surface area contributed by atoms with Gasteiger partial charge in [-0.1, -0.05) is 68.8 Å². The summed E-state index contributed by atoms with van der Waals surface area (Å²) >= 11 is 1.30. The minimum Gasteiger partial charge on any atom is -0.379 e. The summed E-state index contributed by atoms with van der Waals surface area (Å²) in [7, 11) is -4.41. The summed E-state index contributed by atoms with van der Waals surface area (Å²) in [5.74, 6) is -1.02. The number of fused-ring (bicyclic) bond motifs is 2. The van der Waals surface area contributed by atoms with Gasteiger partial charge in [-0.2, -0.15) is 13.0 Å². The maximum atomic E-state index is 13.1. The summed E-state index contributed by atoms with van der Waals surface area (Å²) in [6, 6.07) is 11.4. The molecule has 1 unspecified atom stereocenters. The number of likely N-dealkylation sites (tertiary alicyclic amines) is 1. The van der Waals surface area contributed by atoms with Gasteiger partial charge in [-0.25, -0.2) is 0 Å². The van der Waals surface area contributed by atoms with Crippen molar-refractivity contribution < 1.29 is 51.0 Å². The number of hydrogen-bond donors (Lipinski definition) is 3. The molecule has 0 saturated carbocycles. The van der Waals surface area contributed by atoms with Gasteiger partial charge in [0.1, 0.15) is 12.3 Å². The maximum absolute atomic E-state index is 13.1. The number of rotatable bonds is 30. The van der Waals surface area contributed by atoms with E-state index in [0.717, 1.165) is 36.3 Å². The molecule has 72 heavy (non-hydrogen) atoms. The van der Waals surface area contributed by atoms with Crippen molar-refractivity contribution in [3.63, 3.8) is 0 Å². The molecule has 4 amide bonds. The van der Waals surface area contributed by atoms with Gasteiger partial charge >= 0.3 is 0 Å². The Balaban J connectivity index is 1.05. The molecule has 0 bridgehead atoms. The van der Waals surface area contributed by atoms with Gasteiger partial charge in [0.15, 0.2) is 5.71 Å². The molecule has 3 heterocycles. The van der Waals surface area contributed by atoms with Crippen molar-refractivity contribution in [3.8, 4) is 0 Å². The summed E-state index contributed by atoms with van der Waals surface area (Å²) in [5, 5.41) is 2.26. The van der Waals surface area contributed by atoms with E-state index in [1.807, 2.05) is 44.2 Å². The molecule has 0 aromatic heterocycles. The van der Waals surface area contributed by atoms with E-state index in [0.29, 0.717) is 71.0 Å². The molecule has 0 spiro atoms. The van der Waals surface area contributed by atoms with Crippen molar-refractivity contribution in [2.45, 2.75) is 127 Å². The largest absolute Gasteiger partial charge is 0.379 e. The Labute approximate surface area is 431 Å². The number of aryl methyl sites for hydroxylation is 1. The van der Waals surface area contributed by atoms with Gasteiger partial charge < -0.3 is 25.4 Å². The number of unbranched alkanes of at least 4 members (excludes halogenated alkanes) is 2. The number of amides is 4. The Bertz CT molecular complexity index is 2560. The number of ether oxygens (including phenoxy) is 2. The first-order chi connectivity index (χ1) is 34.2. The van der Waals surface area contributed by atoms with Gasteiger partial charge in [0.2, 0.25) is 29.3 Å². The number of hydrogen-bond acceptors (Lipinski definition) is 11. The minimum absolute atomic E-state index is 0.0686. The summed E-state index contributed by atoms with van der Waals surface area (Å²) in [4.78, 5) is 65.7. The molecule has 15 nitrogen and oxygen atoms in total. The van der Waals surface area contributed by atoms with Crippen molar-refractivity contribution in [1.82, 2.24) is 10.2 Å². The number of primary amides is 1. The van der Waals surface area contributed by atoms with Crippen LogP contribution in [0.5, 0.6) is 0 Å². The summed E-state index contributed by atoms with van der Waals surface area (Å²) in [6.45, 7) is 18.2. The third-order valence-corrected chi connectivity index (χ3v) is 15.8. The zero-order valence-electron chi connectivity index (χ0n) is 43.2. The SMILES string of the molecule is CCN1C(=CC=CC=CC=CC2=[N+](CCCCCC(=O)CCCN3C(=O)CC(SC[C@@H](C)C(=O)NCCOCCOCCCC(N)=O)C3=O)c3ccc(S(=O)(=O)O)cc3C2(C)C)C(C)(C)c2cc(C)ccc21. The summed E-state index contributed by atoms with van der Waals surface area (Å²) in [5.41, 5.74) is 12.1. The Morgan fingerprint density at radius 2 is 1.58 bits per heavy atom. The van der Waals surface area contributed by atoms with Crippen LogP contribution < -0.4 is 16.0 Å². The number of benzene rings is 2. The third kappa shape index (κ3) is 15.4. The smallest absolute Gasteiger partial charge is 0.294 e. The number of Topliss-reactive ketones (excluding diaryl/α,β-unsaturated/α-hetero) is 1. The van der Waals surface area contributed by atoms with E-state index in [-0.39, 0.29) is 71.4 Å². The van der Waals surface area contributed by atoms with E-state index in [4.69, 9.17) is 15.2 Å². The number of imide groups is 1. The molecule has 17 heteroatoms. The normalized spacial score (nSPS) is 18.4. The van der Waals surface area contributed by atoms with Gasteiger partial charge in [-0.05, 0) is 83.2 Å². The third-order valence-electron chi connectivity index (χ3n) is 13.5. The molecule has 2 aromatic carbocycles. The number of allylic oxidation sites excluding steroid dienone is 8. The standard InChI is InChI=1S/C55H75N5O10S2/c1-8-58-45-26-24-39(2)35-43(45)54(4,5)48(58)21-14-10-9-11-15-22-49-55(6,7)44-36-42(72(66,67)68)25-27-46(44)59(49)29-16-12-13-19-41(61)20-17-30-60-51(63)37-47(53(60)65)71-38-40(3)52(64)57-28-32-70-34-33-69-31-18-23-50(56)62/h9-11,14-15,21-22,24-27,35-36,40,47H,8,12-13,16-20,23,28-34,37-38H2,1-7H3,(H3-,56,57,62,64,66,67,68)/p+1/t40-,47?/m1/s1. The molecule has 2 aromatic rings. The van der Waals surface area contributed by atoms with Crippen LogP contribution in [-0.4, -0.2) is 121 Å². The molecule has 2 atom stereocenters. The maximum Gasteiger partial charge on any atom is 0.294 e. The molecule has 3 aliphatic heterocycles. The fraction of sp³-hybridized carbons (Fsp3) is 0.527. The quantitative estimate of drug-likeness (QED) is 0.0225. The fourth-order valence-electron chi connectivity index (χ4n) is 9.45. The van der Waals surface area contributed by atoms with Gasteiger partial charge in [0.25, 0.3) is 10.1 Å². The van der Waals surface area contributed by atoms with E-state index >= 15 is 0 Å². The summed E-state index contributed by atoms with van der Waals surface area (Å²) < 4.78 is 47.2. The van der Waals surface area contributed by atoms with Crippen LogP contribution in [0, 0.1) is 12.8 Å². The molecular formula is C55H76N5O10S2+. The van der Waals surface area contributed by atoms with Gasteiger partial charge in [0.05, 0.1) is 35.4 Å². The average Bonchev–Trinajstić information content (AvgIpc) is 3.81. The monoisotopic (exact) mass is 1030 g/mol. The second kappa shape index (κ2) is 26.7. The van der Waals surface area contributed by atoms with Gasteiger partial charge in [0, 0.05) is 105 Å². The topological polar surface area (TPSA) is 206 Å².